The van der Waals surface area contributed by atoms with Crippen LogP contribution >= 0.6 is 0 Å². The number of hydrogen-bond acceptors (Lipinski definition) is 4. The van der Waals surface area contributed by atoms with Crippen LogP contribution in [-0.2, 0) is 6.61 Å². The van der Waals surface area contributed by atoms with Gasteiger partial charge in [0.15, 0.2) is 0 Å². The summed E-state index contributed by atoms with van der Waals surface area (Å²) in [5.74, 6) is 1.69. The van der Waals surface area contributed by atoms with Gasteiger partial charge in [0.2, 0.25) is 5.88 Å². The number of benzene rings is 2. The van der Waals surface area contributed by atoms with Gasteiger partial charge in [-0.05, 0) is 36.6 Å². The van der Waals surface area contributed by atoms with Gasteiger partial charge in [-0.25, -0.2) is 4.98 Å². The van der Waals surface area contributed by atoms with Crippen LogP contribution in [0.1, 0.15) is 28.8 Å². The molecule has 30 heavy (non-hydrogen) atoms. The fourth-order valence-corrected chi connectivity index (χ4v) is 3.65. The molecule has 1 unspecified atom stereocenters. The highest BCUT2D eigenvalue weighted by Gasteiger charge is 2.25. The van der Waals surface area contributed by atoms with Gasteiger partial charge in [0.1, 0.15) is 12.4 Å². The highest BCUT2D eigenvalue weighted by molar-refractivity contribution is 5.94. The first kappa shape index (κ1) is 20.0. The number of likely N-dealkylation sites (tertiary alicyclic amines) is 1. The van der Waals surface area contributed by atoms with Gasteiger partial charge < -0.3 is 14.4 Å². The van der Waals surface area contributed by atoms with E-state index in [0.717, 1.165) is 30.7 Å². The molecule has 1 fully saturated rings. The fourth-order valence-electron chi connectivity index (χ4n) is 3.65. The third-order valence-corrected chi connectivity index (χ3v) is 5.25. The Bertz CT molecular complexity index is 947. The average molecular weight is 402 g/mol. The third kappa shape index (κ3) is 5.38. The van der Waals surface area contributed by atoms with E-state index in [9.17, 15) is 4.79 Å². The topological polar surface area (TPSA) is 51.7 Å². The average Bonchev–Trinajstić information content (AvgIpc) is 2.83. The summed E-state index contributed by atoms with van der Waals surface area (Å²) in [4.78, 5) is 19.2. The Balaban J connectivity index is 1.34. The van der Waals surface area contributed by atoms with E-state index in [1.807, 2.05) is 65.6 Å². The van der Waals surface area contributed by atoms with E-state index in [0.29, 0.717) is 37.1 Å². The van der Waals surface area contributed by atoms with Gasteiger partial charge >= 0.3 is 0 Å². The number of amides is 1. The number of hydrogen-bond donors (Lipinski definition) is 0. The Hall–Kier alpha value is -3.34. The van der Waals surface area contributed by atoms with Crippen LogP contribution in [0.5, 0.6) is 11.6 Å². The lowest BCUT2D eigenvalue weighted by atomic mass is 9.98. The van der Waals surface area contributed by atoms with Gasteiger partial charge in [0.25, 0.3) is 5.91 Å². The third-order valence-electron chi connectivity index (χ3n) is 5.25. The molecule has 5 heteroatoms. The molecule has 0 aliphatic carbocycles. The first-order valence-electron chi connectivity index (χ1n) is 10.4. The molecule has 1 aliphatic heterocycles. The number of nitrogens with zero attached hydrogens (tertiary/aromatic N) is 2. The largest absolute Gasteiger partial charge is 0.493 e. The van der Waals surface area contributed by atoms with E-state index >= 15 is 0 Å². The molecule has 0 spiro atoms. The number of pyridine rings is 1. The van der Waals surface area contributed by atoms with Crippen molar-refractivity contribution in [1.29, 1.82) is 0 Å². The summed E-state index contributed by atoms with van der Waals surface area (Å²) >= 11 is 0. The summed E-state index contributed by atoms with van der Waals surface area (Å²) < 4.78 is 11.7. The van der Waals surface area contributed by atoms with Gasteiger partial charge in [-0.2, -0.15) is 0 Å². The summed E-state index contributed by atoms with van der Waals surface area (Å²) in [5, 5.41) is 0. The number of ether oxygens (including phenoxy) is 2. The molecule has 1 atom stereocenters. The van der Waals surface area contributed by atoms with E-state index in [1.54, 1.807) is 18.3 Å². The van der Waals surface area contributed by atoms with Crippen molar-refractivity contribution < 1.29 is 14.3 Å². The summed E-state index contributed by atoms with van der Waals surface area (Å²) in [6.45, 7) is 2.51. The van der Waals surface area contributed by atoms with E-state index in [-0.39, 0.29) is 5.91 Å². The second-order valence-electron chi connectivity index (χ2n) is 7.54. The summed E-state index contributed by atoms with van der Waals surface area (Å²) in [6.07, 6.45) is 3.68. The van der Waals surface area contributed by atoms with Crippen molar-refractivity contribution in [3.8, 4) is 11.6 Å². The fraction of sp³-hybridized carbons (Fsp3) is 0.280. The van der Waals surface area contributed by atoms with Gasteiger partial charge in [0.05, 0.1) is 6.61 Å². The maximum atomic E-state index is 13.0. The molecule has 5 nitrogen and oxygen atoms in total. The molecule has 0 bridgehead atoms. The van der Waals surface area contributed by atoms with Crippen LogP contribution in [0, 0.1) is 5.92 Å². The quantitative estimate of drug-likeness (QED) is 0.580. The minimum Gasteiger partial charge on any atom is -0.493 e. The lowest BCUT2D eigenvalue weighted by molar-refractivity contribution is 0.0632. The Morgan fingerprint density at radius 2 is 1.77 bits per heavy atom. The van der Waals surface area contributed by atoms with Crippen LogP contribution in [0.2, 0.25) is 0 Å². The number of para-hydroxylation sites is 1. The SMILES string of the molecule is O=C(c1ccnc(OCc2ccccc2)c1)N1CCCC(COc2ccccc2)C1. The first-order chi connectivity index (χ1) is 14.8. The molecule has 4 rings (SSSR count). The van der Waals surface area contributed by atoms with Crippen molar-refractivity contribution in [3.63, 3.8) is 0 Å². The number of piperidine rings is 1. The van der Waals surface area contributed by atoms with Gasteiger partial charge in [0, 0.05) is 36.8 Å². The number of aromatic nitrogens is 1. The predicted octanol–water partition coefficient (Wildman–Crippen LogP) is 4.59. The van der Waals surface area contributed by atoms with E-state index in [1.165, 1.54) is 0 Å². The second-order valence-corrected chi connectivity index (χ2v) is 7.54. The predicted molar refractivity (Wildman–Crippen MR) is 116 cm³/mol. The zero-order valence-electron chi connectivity index (χ0n) is 16.9. The molecular formula is C25H26N2O3. The highest BCUT2D eigenvalue weighted by Crippen LogP contribution is 2.21. The molecule has 0 saturated carbocycles. The Morgan fingerprint density at radius 1 is 1.00 bits per heavy atom. The molecule has 0 radical (unpaired) electrons. The number of carbonyl (C=O) groups is 1. The van der Waals surface area contributed by atoms with E-state index in [4.69, 9.17) is 9.47 Å². The van der Waals surface area contributed by atoms with Gasteiger partial charge in [-0.15, -0.1) is 0 Å². The maximum absolute atomic E-state index is 13.0. The van der Waals surface area contributed by atoms with Crippen LogP contribution < -0.4 is 9.47 Å². The zero-order valence-corrected chi connectivity index (χ0v) is 16.9. The molecule has 1 amide bonds. The Morgan fingerprint density at radius 3 is 2.57 bits per heavy atom. The standard InChI is InChI=1S/C25H26N2O3/c28-25(22-13-14-26-24(16-22)30-18-20-8-3-1-4-9-20)27-15-7-10-21(17-27)19-29-23-11-5-2-6-12-23/h1-6,8-9,11-14,16,21H,7,10,15,17-19H2. The second kappa shape index (κ2) is 9.92. The molecule has 0 N–H and O–H groups in total. The van der Waals surface area contributed by atoms with Crippen molar-refractivity contribution in [2.75, 3.05) is 19.7 Å². The first-order valence-corrected chi connectivity index (χ1v) is 10.4. The van der Waals surface area contributed by atoms with Crippen LogP contribution in [0.3, 0.4) is 0 Å². The lowest BCUT2D eigenvalue weighted by Gasteiger charge is -2.32. The van der Waals surface area contributed by atoms with Gasteiger partial charge in [-0.1, -0.05) is 48.5 Å². The minimum atomic E-state index is 0.0198. The van der Waals surface area contributed by atoms with Crippen molar-refractivity contribution in [1.82, 2.24) is 9.88 Å². The van der Waals surface area contributed by atoms with Crippen molar-refractivity contribution in [2.45, 2.75) is 19.4 Å². The highest BCUT2D eigenvalue weighted by atomic mass is 16.5. The lowest BCUT2D eigenvalue weighted by Crippen LogP contribution is -2.41. The monoisotopic (exact) mass is 402 g/mol. The molecule has 2 aromatic carbocycles. The van der Waals surface area contributed by atoms with Gasteiger partial charge in [-0.3, -0.25) is 4.79 Å². The van der Waals surface area contributed by atoms with Crippen LogP contribution in [0.25, 0.3) is 0 Å². The molecule has 1 saturated heterocycles. The molecule has 1 aromatic heterocycles. The molecular weight excluding hydrogens is 376 g/mol. The summed E-state index contributed by atoms with van der Waals surface area (Å²) in [6, 6.07) is 23.2. The number of carbonyl (C=O) groups excluding carboxylic acids is 1. The smallest absolute Gasteiger partial charge is 0.254 e. The molecule has 1 aliphatic rings. The minimum absolute atomic E-state index is 0.0198. The summed E-state index contributed by atoms with van der Waals surface area (Å²) in [5.41, 5.74) is 1.67. The maximum Gasteiger partial charge on any atom is 0.254 e. The summed E-state index contributed by atoms with van der Waals surface area (Å²) in [7, 11) is 0. The number of rotatable bonds is 7. The molecule has 3 aromatic rings. The molecule has 154 valence electrons. The van der Waals surface area contributed by atoms with E-state index in [2.05, 4.69) is 4.98 Å². The van der Waals surface area contributed by atoms with Crippen molar-refractivity contribution >= 4 is 5.91 Å². The van der Waals surface area contributed by atoms with Crippen molar-refractivity contribution in [2.24, 2.45) is 5.92 Å². The zero-order chi connectivity index (χ0) is 20.6. The van der Waals surface area contributed by atoms with Crippen LogP contribution in [0.4, 0.5) is 0 Å². The van der Waals surface area contributed by atoms with Crippen LogP contribution in [0.15, 0.2) is 79.0 Å². The normalized spacial score (nSPS) is 16.1. The Labute approximate surface area is 177 Å². The Kier molecular flexibility index (Phi) is 6.60. The van der Waals surface area contributed by atoms with Crippen molar-refractivity contribution in [3.05, 3.63) is 90.1 Å². The molecule has 2 heterocycles. The van der Waals surface area contributed by atoms with E-state index < -0.39 is 0 Å². The van der Waals surface area contributed by atoms with Crippen LogP contribution in [-0.4, -0.2) is 35.5 Å².